The van der Waals surface area contributed by atoms with Crippen molar-refractivity contribution >= 4 is 28.8 Å². The monoisotopic (exact) mass is 468 g/mol. The van der Waals surface area contributed by atoms with Gasteiger partial charge in [-0.3, -0.25) is 14.5 Å². The third-order valence-corrected chi connectivity index (χ3v) is 6.77. The highest BCUT2D eigenvalue weighted by Crippen LogP contribution is 2.43. The molecule has 35 heavy (non-hydrogen) atoms. The molecular weight excluding hydrogens is 440 g/mol. The molecule has 0 aromatic heterocycles. The molecule has 0 radical (unpaired) electrons. The molecule has 0 saturated carbocycles. The number of ether oxygens (including phenoxy) is 1. The van der Waals surface area contributed by atoms with Crippen molar-refractivity contribution in [3.63, 3.8) is 0 Å². The predicted octanol–water partition coefficient (Wildman–Crippen LogP) is 5.31. The molecule has 3 aromatic carbocycles. The Morgan fingerprint density at radius 2 is 1.46 bits per heavy atom. The van der Waals surface area contributed by atoms with Gasteiger partial charge in [0, 0.05) is 24.5 Å². The highest BCUT2D eigenvalue weighted by molar-refractivity contribution is 6.51. The number of anilines is 2. The minimum atomic E-state index is -0.762. The molecule has 2 saturated heterocycles. The van der Waals surface area contributed by atoms with Crippen LogP contribution in [0, 0.1) is 0 Å². The van der Waals surface area contributed by atoms with Gasteiger partial charge >= 0.3 is 0 Å². The lowest BCUT2D eigenvalue weighted by atomic mass is 9.95. The number of aliphatic hydroxyl groups is 1. The lowest BCUT2D eigenvalue weighted by molar-refractivity contribution is -0.132. The van der Waals surface area contributed by atoms with E-state index in [4.69, 9.17) is 4.74 Å². The molecule has 1 N–H and O–H groups in total. The SMILES string of the molecule is COc1ccccc1/C(O)=C1\C(=O)C(=O)N(c2ccc(N3CCCCC3)cc2)C1c1ccccc1. The normalized spacial score (nSPS) is 19.7. The van der Waals surface area contributed by atoms with Gasteiger partial charge in [-0.15, -0.1) is 0 Å². The van der Waals surface area contributed by atoms with Crippen LogP contribution in [0.25, 0.3) is 5.76 Å². The Hall–Kier alpha value is -4.06. The fraction of sp³-hybridized carbons (Fsp3) is 0.241. The van der Waals surface area contributed by atoms with Gasteiger partial charge in [0.05, 0.1) is 24.3 Å². The second-order valence-electron chi connectivity index (χ2n) is 8.84. The number of para-hydroxylation sites is 1. The van der Waals surface area contributed by atoms with E-state index in [-0.39, 0.29) is 11.3 Å². The Morgan fingerprint density at radius 1 is 0.829 bits per heavy atom. The van der Waals surface area contributed by atoms with Gasteiger partial charge in [0.2, 0.25) is 0 Å². The summed E-state index contributed by atoms with van der Waals surface area (Å²) in [5, 5.41) is 11.3. The maximum Gasteiger partial charge on any atom is 0.300 e. The number of piperidine rings is 1. The number of hydrogen-bond donors (Lipinski definition) is 1. The van der Waals surface area contributed by atoms with Gasteiger partial charge in [0.1, 0.15) is 11.5 Å². The molecule has 1 amide bonds. The van der Waals surface area contributed by atoms with Crippen LogP contribution >= 0.6 is 0 Å². The number of benzene rings is 3. The van der Waals surface area contributed by atoms with E-state index in [2.05, 4.69) is 4.90 Å². The van der Waals surface area contributed by atoms with Crippen molar-refractivity contribution in [3.05, 3.63) is 95.6 Å². The summed E-state index contributed by atoms with van der Waals surface area (Å²) < 4.78 is 5.40. The lowest BCUT2D eigenvalue weighted by Crippen LogP contribution is -2.30. The molecule has 178 valence electrons. The standard InChI is InChI=1S/C29H28N2O4/c1-35-24-13-7-6-12-23(24)27(32)25-26(20-10-4-2-5-11-20)31(29(34)28(25)33)22-16-14-21(15-17-22)30-18-8-3-9-19-30/h2,4-7,10-17,26,32H,3,8-9,18-19H2,1H3/b27-25+. The smallest absolute Gasteiger partial charge is 0.300 e. The number of rotatable bonds is 5. The molecule has 2 fully saturated rings. The van der Waals surface area contributed by atoms with Crippen molar-refractivity contribution in [1.29, 1.82) is 0 Å². The van der Waals surface area contributed by atoms with Gasteiger partial charge in [-0.2, -0.15) is 0 Å². The highest BCUT2D eigenvalue weighted by Gasteiger charge is 2.47. The summed E-state index contributed by atoms with van der Waals surface area (Å²) in [6.45, 7) is 2.04. The Bertz CT molecular complexity index is 1260. The zero-order valence-electron chi connectivity index (χ0n) is 19.7. The van der Waals surface area contributed by atoms with Gasteiger partial charge in [0.25, 0.3) is 11.7 Å². The van der Waals surface area contributed by atoms with Crippen LogP contribution in [-0.4, -0.2) is 37.0 Å². The van der Waals surface area contributed by atoms with Crippen molar-refractivity contribution in [1.82, 2.24) is 0 Å². The summed E-state index contributed by atoms with van der Waals surface area (Å²) in [5.74, 6) is -1.21. The van der Waals surface area contributed by atoms with Crippen LogP contribution in [0.5, 0.6) is 5.75 Å². The number of aliphatic hydroxyl groups excluding tert-OH is 1. The molecule has 5 rings (SSSR count). The summed E-state index contributed by atoms with van der Waals surface area (Å²) in [7, 11) is 1.50. The van der Waals surface area contributed by atoms with E-state index in [0.29, 0.717) is 17.0 Å². The highest BCUT2D eigenvalue weighted by atomic mass is 16.5. The maximum absolute atomic E-state index is 13.4. The van der Waals surface area contributed by atoms with Crippen LogP contribution in [0.2, 0.25) is 0 Å². The maximum atomic E-state index is 13.4. The Labute approximate surface area is 205 Å². The predicted molar refractivity (Wildman–Crippen MR) is 137 cm³/mol. The first-order valence-electron chi connectivity index (χ1n) is 11.9. The first-order valence-corrected chi connectivity index (χ1v) is 11.9. The number of methoxy groups -OCH3 is 1. The van der Waals surface area contributed by atoms with Crippen molar-refractivity contribution in [2.75, 3.05) is 30.0 Å². The van der Waals surface area contributed by atoms with E-state index in [1.165, 1.54) is 31.3 Å². The zero-order valence-corrected chi connectivity index (χ0v) is 19.7. The van der Waals surface area contributed by atoms with E-state index in [1.54, 1.807) is 24.3 Å². The van der Waals surface area contributed by atoms with Crippen LogP contribution in [-0.2, 0) is 9.59 Å². The molecular formula is C29H28N2O4. The van der Waals surface area contributed by atoms with Crippen LogP contribution in [0.4, 0.5) is 11.4 Å². The number of Topliss-reactive ketones (excluding diaryl/α,β-unsaturated/α-hetero) is 1. The van der Waals surface area contributed by atoms with Crippen molar-refractivity contribution in [2.45, 2.75) is 25.3 Å². The van der Waals surface area contributed by atoms with Crippen LogP contribution < -0.4 is 14.5 Å². The number of nitrogens with zero attached hydrogens (tertiary/aromatic N) is 2. The third kappa shape index (κ3) is 4.16. The second kappa shape index (κ2) is 9.66. The number of hydrogen-bond acceptors (Lipinski definition) is 5. The topological polar surface area (TPSA) is 70.1 Å². The first kappa shape index (κ1) is 22.7. The second-order valence-corrected chi connectivity index (χ2v) is 8.84. The Morgan fingerprint density at radius 3 is 2.14 bits per heavy atom. The summed E-state index contributed by atoms with van der Waals surface area (Å²) >= 11 is 0. The molecule has 2 aliphatic heterocycles. The van der Waals surface area contributed by atoms with E-state index in [1.807, 2.05) is 54.6 Å². The van der Waals surface area contributed by atoms with Gasteiger partial charge in [0.15, 0.2) is 0 Å². The van der Waals surface area contributed by atoms with Crippen molar-refractivity contribution in [3.8, 4) is 5.75 Å². The first-order chi connectivity index (χ1) is 17.1. The van der Waals surface area contributed by atoms with Crippen LogP contribution in [0.3, 0.4) is 0 Å². The van der Waals surface area contributed by atoms with E-state index >= 15 is 0 Å². The number of ketones is 1. The Balaban J connectivity index is 1.61. The quantitative estimate of drug-likeness (QED) is 0.312. The largest absolute Gasteiger partial charge is 0.507 e. The van der Waals surface area contributed by atoms with Gasteiger partial charge in [-0.05, 0) is 61.2 Å². The van der Waals surface area contributed by atoms with Crippen molar-refractivity contribution < 1.29 is 19.4 Å². The molecule has 2 heterocycles. The summed E-state index contributed by atoms with van der Waals surface area (Å²) in [6.07, 6.45) is 3.60. The molecule has 0 aliphatic carbocycles. The van der Waals surface area contributed by atoms with Gasteiger partial charge < -0.3 is 14.7 Å². The van der Waals surface area contributed by atoms with E-state index in [9.17, 15) is 14.7 Å². The fourth-order valence-electron chi connectivity index (χ4n) is 5.01. The van der Waals surface area contributed by atoms with Crippen LogP contribution in [0.1, 0.15) is 36.4 Å². The van der Waals surface area contributed by atoms with Gasteiger partial charge in [-0.25, -0.2) is 0 Å². The molecule has 0 spiro atoms. The molecule has 1 unspecified atom stereocenters. The molecule has 6 nitrogen and oxygen atoms in total. The minimum Gasteiger partial charge on any atom is -0.507 e. The number of carbonyl (C=O) groups excluding carboxylic acids is 2. The van der Waals surface area contributed by atoms with E-state index in [0.717, 1.165) is 24.3 Å². The zero-order chi connectivity index (χ0) is 24.4. The average molecular weight is 469 g/mol. The molecule has 6 heteroatoms. The number of carbonyl (C=O) groups is 2. The van der Waals surface area contributed by atoms with E-state index < -0.39 is 17.7 Å². The Kier molecular flexibility index (Phi) is 6.27. The lowest BCUT2D eigenvalue weighted by Gasteiger charge is -2.30. The fourth-order valence-corrected chi connectivity index (χ4v) is 5.01. The average Bonchev–Trinajstić information content (AvgIpc) is 3.19. The summed E-state index contributed by atoms with van der Waals surface area (Å²) in [6, 6.07) is 23.3. The van der Waals surface area contributed by atoms with Crippen LogP contribution in [0.15, 0.2) is 84.4 Å². The number of amides is 1. The minimum absolute atomic E-state index is 0.0470. The molecule has 1 atom stereocenters. The molecule has 0 bridgehead atoms. The summed E-state index contributed by atoms with van der Waals surface area (Å²) in [5.41, 5.74) is 2.87. The molecule has 3 aromatic rings. The van der Waals surface area contributed by atoms with Gasteiger partial charge in [-0.1, -0.05) is 42.5 Å². The summed E-state index contributed by atoms with van der Waals surface area (Å²) in [4.78, 5) is 30.5. The van der Waals surface area contributed by atoms with Crippen molar-refractivity contribution in [2.24, 2.45) is 0 Å². The third-order valence-electron chi connectivity index (χ3n) is 6.77. The molecule has 2 aliphatic rings.